The van der Waals surface area contributed by atoms with Gasteiger partial charge in [-0.25, -0.2) is 4.39 Å². The van der Waals surface area contributed by atoms with Crippen molar-refractivity contribution in [1.29, 1.82) is 0 Å². The first-order valence-electron chi connectivity index (χ1n) is 4.55. The van der Waals surface area contributed by atoms with Gasteiger partial charge in [-0.1, -0.05) is 13.0 Å². The molecule has 0 N–H and O–H groups in total. The Morgan fingerprint density at radius 3 is 3.07 bits per heavy atom. The highest BCUT2D eigenvalue weighted by Crippen LogP contribution is 2.26. The summed E-state index contributed by atoms with van der Waals surface area (Å²) in [5.41, 5.74) is 1.58. The van der Waals surface area contributed by atoms with E-state index in [4.69, 9.17) is 4.42 Å². The zero-order chi connectivity index (χ0) is 9.97. The molecule has 1 aromatic carbocycles. The minimum atomic E-state index is -0.192. The average Bonchev–Trinajstić information content (AvgIpc) is 2.59. The van der Waals surface area contributed by atoms with Crippen LogP contribution in [-0.2, 0) is 5.75 Å². The van der Waals surface area contributed by atoms with E-state index in [1.54, 1.807) is 30.2 Å². The first-order valence-corrected chi connectivity index (χ1v) is 5.70. The third-order valence-corrected chi connectivity index (χ3v) is 3.01. The molecule has 2 aromatic rings. The Morgan fingerprint density at radius 2 is 2.29 bits per heavy atom. The van der Waals surface area contributed by atoms with E-state index in [0.29, 0.717) is 11.0 Å². The van der Waals surface area contributed by atoms with Crippen LogP contribution in [-0.4, -0.2) is 5.75 Å². The van der Waals surface area contributed by atoms with Gasteiger partial charge in [0.05, 0.1) is 11.6 Å². The molecule has 0 radical (unpaired) electrons. The molecule has 0 aliphatic heterocycles. The molecule has 0 aliphatic rings. The van der Waals surface area contributed by atoms with E-state index in [9.17, 15) is 4.39 Å². The molecule has 1 heterocycles. The van der Waals surface area contributed by atoms with Crippen molar-refractivity contribution in [2.24, 2.45) is 0 Å². The number of thioether (sulfide) groups is 1. The molecule has 0 fully saturated rings. The van der Waals surface area contributed by atoms with Crippen LogP contribution in [0.25, 0.3) is 11.0 Å². The second-order valence-electron chi connectivity index (χ2n) is 3.01. The summed E-state index contributed by atoms with van der Waals surface area (Å²) in [5.74, 6) is 1.65. The van der Waals surface area contributed by atoms with Crippen LogP contribution in [0.2, 0.25) is 0 Å². The lowest BCUT2D eigenvalue weighted by atomic mass is 10.2. The Hall–Kier alpha value is -0.960. The van der Waals surface area contributed by atoms with Crippen LogP contribution in [0.15, 0.2) is 28.9 Å². The highest BCUT2D eigenvalue weighted by Gasteiger charge is 2.09. The molecule has 0 saturated heterocycles. The minimum absolute atomic E-state index is 0.192. The van der Waals surface area contributed by atoms with Crippen LogP contribution in [0.3, 0.4) is 0 Å². The monoisotopic (exact) mass is 210 g/mol. The van der Waals surface area contributed by atoms with Gasteiger partial charge in [-0.15, -0.1) is 0 Å². The van der Waals surface area contributed by atoms with E-state index in [-0.39, 0.29) is 5.82 Å². The fourth-order valence-corrected chi connectivity index (χ4v) is 2.06. The van der Waals surface area contributed by atoms with Gasteiger partial charge in [0.1, 0.15) is 11.4 Å². The average molecular weight is 210 g/mol. The molecule has 1 aromatic heterocycles. The van der Waals surface area contributed by atoms with Crippen LogP contribution in [0.5, 0.6) is 0 Å². The zero-order valence-electron chi connectivity index (χ0n) is 7.92. The van der Waals surface area contributed by atoms with E-state index in [1.807, 2.05) is 0 Å². The standard InChI is InChI=1S/C11H11FOS/c1-2-14-7-8-6-13-10-5-3-4-9(12)11(8)10/h3-6H,2,7H2,1H3. The molecule has 0 amide bonds. The smallest absolute Gasteiger partial charge is 0.137 e. The number of halogens is 1. The largest absolute Gasteiger partial charge is 0.464 e. The lowest BCUT2D eigenvalue weighted by Gasteiger charge is -1.96. The van der Waals surface area contributed by atoms with Crippen molar-refractivity contribution < 1.29 is 8.81 Å². The Morgan fingerprint density at radius 1 is 1.43 bits per heavy atom. The number of fused-ring (bicyclic) bond motifs is 1. The first-order chi connectivity index (χ1) is 6.83. The Labute approximate surface area is 86.3 Å². The van der Waals surface area contributed by atoms with Gasteiger partial charge >= 0.3 is 0 Å². The van der Waals surface area contributed by atoms with Crippen LogP contribution in [0.4, 0.5) is 4.39 Å². The van der Waals surface area contributed by atoms with Gasteiger partial charge in [0.25, 0.3) is 0 Å². The van der Waals surface area contributed by atoms with E-state index < -0.39 is 0 Å². The van der Waals surface area contributed by atoms with E-state index in [1.165, 1.54) is 6.07 Å². The molecule has 0 unspecified atom stereocenters. The van der Waals surface area contributed by atoms with Crippen molar-refractivity contribution in [3.8, 4) is 0 Å². The van der Waals surface area contributed by atoms with E-state index in [0.717, 1.165) is 17.1 Å². The maximum Gasteiger partial charge on any atom is 0.137 e. The van der Waals surface area contributed by atoms with E-state index in [2.05, 4.69) is 6.92 Å². The molecule has 3 heteroatoms. The predicted molar refractivity (Wildman–Crippen MR) is 58.0 cm³/mol. The Bertz CT molecular complexity index is 436. The van der Waals surface area contributed by atoms with Crippen molar-refractivity contribution in [1.82, 2.24) is 0 Å². The van der Waals surface area contributed by atoms with Crippen LogP contribution in [0.1, 0.15) is 12.5 Å². The van der Waals surface area contributed by atoms with Crippen molar-refractivity contribution in [3.63, 3.8) is 0 Å². The summed E-state index contributed by atoms with van der Waals surface area (Å²) in [6, 6.07) is 4.93. The van der Waals surface area contributed by atoms with Crippen LogP contribution >= 0.6 is 11.8 Å². The third kappa shape index (κ3) is 1.64. The molecule has 14 heavy (non-hydrogen) atoms. The molecule has 0 spiro atoms. The minimum Gasteiger partial charge on any atom is -0.464 e. The fraction of sp³-hybridized carbons (Fsp3) is 0.273. The second-order valence-corrected chi connectivity index (χ2v) is 4.29. The lowest BCUT2D eigenvalue weighted by Crippen LogP contribution is -1.81. The first kappa shape index (κ1) is 9.59. The molecule has 0 bridgehead atoms. The molecule has 74 valence electrons. The van der Waals surface area contributed by atoms with Crippen molar-refractivity contribution in [2.45, 2.75) is 12.7 Å². The normalized spacial score (nSPS) is 11.0. The van der Waals surface area contributed by atoms with Crippen molar-refractivity contribution >= 4 is 22.7 Å². The quantitative estimate of drug-likeness (QED) is 0.763. The molecular weight excluding hydrogens is 199 g/mol. The Balaban J connectivity index is 2.45. The number of hydrogen-bond donors (Lipinski definition) is 0. The highest BCUT2D eigenvalue weighted by atomic mass is 32.2. The fourth-order valence-electron chi connectivity index (χ4n) is 1.43. The maximum absolute atomic E-state index is 13.4. The van der Waals surface area contributed by atoms with Gasteiger partial charge in [-0.2, -0.15) is 11.8 Å². The van der Waals surface area contributed by atoms with Gasteiger partial charge in [-0.3, -0.25) is 0 Å². The molecule has 0 saturated carbocycles. The summed E-state index contributed by atoms with van der Waals surface area (Å²) in [5, 5.41) is 0.633. The number of furan rings is 1. The zero-order valence-corrected chi connectivity index (χ0v) is 8.73. The summed E-state index contributed by atoms with van der Waals surface area (Å²) in [4.78, 5) is 0. The molecule has 2 rings (SSSR count). The van der Waals surface area contributed by atoms with Crippen LogP contribution in [0, 0.1) is 5.82 Å². The highest BCUT2D eigenvalue weighted by molar-refractivity contribution is 7.98. The summed E-state index contributed by atoms with van der Waals surface area (Å²) in [6.45, 7) is 2.09. The van der Waals surface area contributed by atoms with Gasteiger partial charge in [0, 0.05) is 11.3 Å². The van der Waals surface area contributed by atoms with Crippen LogP contribution < -0.4 is 0 Å². The van der Waals surface area contributed by atoms with Gasteiger partial charge in [-0.05, 0) is 17.9 Å². The van der Waals surface area contributed by atoms with Gasteiger partial charge in [0.15, 0.2) is 0 Å². The number of hydrogen-bond acceptors (Lipinski definition) is 2. The second kappa shape index (κ2) is 4.05. The number of rotatable bonds is 3. The molecular formula is C11H11FOS. The molecule has 0 aliphatic carbocycles. The van der Waals surface area contributed by atoms with Crippen molar-refractivity contribution in [3.05, 3.63) is 35.8 Å². The summed E-state index contributed by atoms with van der Waals surface area (Å²) >= 11 is 1.76. The summed E-state index contributed by atoms with van der Waals surface area (Å²) < 4.78 is 18.7. The summed E-state index contributed by atoms with van der Waals surface area (Å²) in [7, 11) is 0. The van der Waals surface area contributed by atoms with Gasteiger partial charge in [0.2, 0.25) is 0 Å². The summed E-state index contributed by atoms with van der Waals surface area (Å²) in [6.07, 6.45) is 1.65. The number of benzene rings is 1. The molecule has 1 nitrogen and oxygen atoms in total. The SMILES string of the molecule is CCSCc1coc2cccc(F)c12. The van der Waals surface area contributed by atoms with E-state index >= 15 is 0 Å². The Kier molecular flexibility index (Phi) is 2.77. The third-order valence-electron chi connectivity index (χ3n) is 2.09. The molecule has 0 atom stereocenters. The maximum atomic E-state index is 13.4. The topological polar surface area (TPSA) is 13.1 Å². The van der Waals surface area contributed by atoms with Crippen molar-refractivity contribution in [2.75, 3.05) is 5.75 Å². The lowest BCUT2D eigenvalue weighted by molar-refractivity contribution is 0.608. The predicted octanol–water partition coefficient (Wildman–Crippen LogP) is 3.83. The van der Waals surface area contributed by atoms with Gasteiger partial charge < -0.3 is 4.42 Å².